The molecular formula is C28H26N4. The van der Waals surface area contributed by atoms with Gasteiger partial charge in [0.1, 0.15) is 0 Å². The van der Waals surface area contributed by atoms with E-state index in [1.165, 1.54) is 0 Å². The van der Waals surface area contributed by atoms with Crippen molar-refractivity contribution in [1.82, 2.24) is 0 Å². The average molecular weight is 419 g/mol. The normalized spacial score (nSPS) is 11.8. The molecule has 4 aromatic carbocycles. The zero-order valence-electron chi connectivity index (χ0n) is 17.9. The number of benzene rings is 4. The van der Waals surface area contributed by atoms with Crippen LogP contribution in [0, 0.1) is 0 Å². The van der Waals surface area contributed by atoms with Gasteiger partial charge in [0.2, 0.25) is 0 Å². The average Bonchev–Trinajstić information content (AvgIpc) is 2.88. The molecule has 0 spiro atoms. The molecule has 0 saturated heterocycles. The van der Waals surface area contributed by atoms with Crippen LogP contribution in [-0.4, -0.2) is 11.4 Å². The molecule has 4 rings (SSSR count). The Balaban J connectivity index is 1.56. The molecular weight excluding hydrogens is 392 g/mol. The largest absolute Gasteiger partial charge is 0.278 e. The van der Waals surface area contributed by atoms with Gasteiger partial charge in [-0.1, -0.05) is 97.1 Å². The quantitative estimate of drug-likeness (QED) is 0.232. The highest BCUT2D eigenvalue weighted by Crippen LogP contribution is 2.14. The molecule has 4 heteroatoms. The number of hydrogen-bond donors (Lipinski definition) is 2. The van der Waals surface area contributed by atoms with Gasteiger partial charge in [-0.25, -0.2) is 0 Å². The number of para-hydroxylation sites is 2. The van der Waals surface area contributed by atoms with E-state index in [1.54, 1.807) is 0 Å². The Morgan fingerprint density at radius 1 is 0.438 bits per heavy atom. The summed E-state index contributed by atoms with van der Waals surface area (Å²) in [5.74, 6) is 0. The van der Waals surface area contributed by atoms with Crippen molar-refractivity contribution in [3.8, 4) is 0 Å². The van der Waals surface area contributed by atoms with E-state index >= 15 is 0 Å². The number of anilines is 2. The Bertz CT molecular complexity index is 1040. The second-order valence-corrected chi connectivity index (χ2v) is 7.30. The van der Waals surface area contributed by atoms with E-state index in [1.807, 2.05) is 97.1 Å². The van der Waals surface area contributed by atoms with Crippen LogP contribution in [0.1, 0.15) is 24.0 Å². The van der Waals surface area contributed by atoms with E-state index in [2.05, 4.69) is 35.1 Å². The number of rotatable bonds is 9. The van der Waals surface area contributed by atoms with Crippen molar-refractivity contribution in [1.29, 1.82) is 0 Å². The maximum Gasteiger partial charge on any atom is 0.0683 e. The first-order valence-corrected chi connectivity index (χ1v) is 10.7. The third-order valence-electron chi connectivity index (χ3n) is 5.00. The van der Waals surface area contributed by atoms with Crippen molar-refractivity contribution in [2.45, 2.75) is 12.8 Å². The van der Waals surface area contributed by atoms with Crippen LogP contribution in [-0.2, 0) is 0 Å². The number of hydrazone groups is 2. The van der Waals surface area contributed by atoms with Gasteiger partial charge in [-0.05, 0) is 48.2 Å². The SMILES string of the molecule is c1ccc(N/N=C(/CC/C(=N\Nc2ccccc2)c2ccccc2)c2ccccc2)cc1. The minimum Gasteiger partial charge on any atom is -0.278 e. The standard InChI is InChI=1S/C28H26N4/c1-5-13-23(14-6-1)27(31-29-25-17-9-3-10-18-25)21-22-28(24-15-7-2-8-16-24)32-30-26-19-11-4-12-20-26/h1-20,29-30H,21-22H2/b31-27-,32-28+. The molecule has 0 amide bonds. The van der Waals surface area contributed by atoms with Gasteiger partial charge < -0.3 is 0 Å². The Labute approximate surface area is 189 Å². The van der Waals surface area contributed by atoms with Crippen molar-refractivity contribution < 1.29 is 0 Å². The summed E-state index contributed by atoms with van der Waals surface area (Å²) in [7, 11) is 0. The van der Waals surface area contributed by atoms with Crippen molar-refractivity contribution >= 4 is 22.8 Å². The highest BCUT2D eigenvalue weighted by Gasteiger charge is 2.09. The Morgan fingerprint density at radius 3 is 1.09 bits per heavy atom. The Hall–Kier alpha value is -4.18. The minimum atomic E-state index is 0.744. The third-order valence-corrected chi connectivity index (χ3v) is 5.00. The first-order valence-electron chi connectivity index (χ1n) is 10.7. The van der Waals surface area contributed by atoms with Crippen LogP contribution in [0.2, 0.25) is 0 Å². The molecule has 0 atom stereocenters. The predicted molar refractivity (Wildman–Crippen MR) is 135 cm³/mol. The van der Waals surface area contributed by atoms with E-state index in [4.69, 9.17) is 10.2 Å². The van der Waals surface area contributed by atoms with E-state index in [9.17, 15) is 0 Å². The van der Waals surface area contributed by atoms with Crippen LogP contribution in [0.25, 0.3) is 0 Å². The van der Waals surface area contributed by atoms with Crippen LogP contribution in [0.5, 0.6) is 0 Å². The monoisotopic (exact) mass is 418 g/mol. The van der Waals surface area contributed by atoms with Gasteiger partial charge in [-0.15, -0.1) is 0 Å². The number of hydrogen-bond acceptors (Lipinski definition) is 4. The molecule has 0 heterocycles. The number of nitrogens with zero attached hydrogens (tertiary/aromatic N) is 2. The molecule has 2 N–H and O–H groups in total. The van der Waals surface area contributed by atoms with Gasteiger partial charge in [0, 0.05) is 0 Å². The fourth-order valence-electron chi connectivity index (χ4n) is 3.32. The van der Waals surface area contributed by atoms with Gasteiger partial charge in [-0.3, -0.25) is 10.9 Å². The van der Waals surface area contributed by atoms with Crippen LogP contribution in [0.3, 0.4) is 0 Å². The lowest BCUT2D eigenvalue weighted by molar-refractivity contribution is 1.11. The second-order valence-electron chi connectivity index (χ2n) is 7.30. The molecule has 4 aromatic rings. The zero-order valence-corrected chi connectivity index (χ0v) is 17.9. The summed E-state index contributed by atoms with van der Waals surface area (Å²) in [6.07, 6.45) is 1.49. The second kappa shape index (κ2) is 11.3. The summed E-state index contributed by atoms with van der Waals surface area (Å²) < 4.78 is 0. The molecule has 0 bridgehead atoms. The van der Waals surface area contributed by atoms with E-state index < -0.39 is 0 Å². The molecule has 0 fully saturated rings. The zero-order chi connectivity index (χ0) is 21.8. The van der Waals surface area contributed by atoms with E-state index in [0.717, 1.165) is 46.8 Å². The molecule has 0 aliphatic carbocycles. The van der Waals surface area contributed by atoms with Crippen molar-refractivity contribution in [2.75, 3.05) is 10.9 Å². The predicted octanol–water partition coefficient (Wildman–Crippen LogP) is 6.80. The molecule has 0 aliphatic heterocycles. The molecule has 32 heavy (non-hydrogen) atoms. The first kappa shape index (κ1) is 21.1. The molecule has 0 saturated carbocycles. The summed E-state index contributed by atoms with van der Waals surface area (Å²) in [5.41, 5.74) is 12.5. The first-order chi connectivity index (χ1) is 15.9. The lowest BCUT2D eigenvalue weighted by Gasteiger charge is -2.11. The van der Waals surface area contributed by atoms with Crippen molar-refractivity contribution in [3.05, 3.63) is 132 Å². The molecule has 158 valence electrons. The minimum absolute atomic E-state index is 0.744. The highest BCUT2D eigenvalue weighted by molar-refractivity contribution is 6.06. The van der Waals surface area contributed by atoms with Crippen molar-refractivity contribution in [2.24, 2.45) is 10.2 Å². The summed E-state index contributed by atoms with van der Waals surface area (Å²) in [6, 6.07) is 40.6. The van der Waals surface area contributed by atoms with Crippen LogP contribution < -0.4 is 10.9 Å². The van der Waals surface area contributed by atoms with Gasteiger partial charge in [0.15, 0.2) is 0 Å². The topological polar surface area (TPSA) is 48.8 Å². The smallest absolute Gasteiger partial charge is 0.0683 e. The van der Waals surface area contributed by atoms with Gasteiger partial charge >= 0.3 is 0 Å². The van der Waals surface area contributed by atoms with Gasteiger partial charge in [-0.2, -0.15) is 10.2 Å². The molecule has 0 radical (unpaired) electrons. The fraction of sp³-hybridized carbons (Fsp3) is 0.0714. The summed E-state index contributed by atoms with van der Waals surface area (Å²) in [6.45, 7) is 0. The third kappa shape index (κ3) is 6.16. The molecule has 4 nitrogen and oxygen atoms in total. The summed E-state index contributed by atoms with van der Waals surface area (Å²) in [5, 5.41) is 9.48. The van der Waals surface area contributed by atoms with E-state index in [-0.39, 0.29) is 0 Å². The van der Waals surface area contributed by atoms with E-state index in [0.29, 0.717) is 0 Å². The Kier molecular flexibility index (Phi) is 7.42. The summed E-state index contributed by atoms with van der Waals surface area (Å²) in [4.78, 5) is 0. The highest BCUT2D eigenvalue weighted by atomic mass is 15.3. The maximum absolute atomic E-state index is 4.74. The van der Waals surface area contributed by atoms with Crippen LogP contribution in [0.4, 0.5) is 11.4 Å². The molecule has 0 unspecified atom stereocenters. The lowest BCUT2D eigenvalue weighted by Crippen LogP contribution is -2.11. The number of nitrogens with one attached hydrogen (secondary N) is 2. The Morgan fingerprint density at radius 2 is 0.750 bits per heavy atom. The van der Waals surface area contributed by atoms with Gasteiger partial charge in [0.25, 0.3) is 0 Å². The van der Waals surface area contributed by atoms with Crippen molar-refractivity contribution in [3.63, 3.8) is 0 Å². The fourth-order valence-corrected chi connectivity index (χ4v) is 3.32. The molecule has 0 aliphatic rings. The van der Waals surface area contributed by atoms with Crippen LogP contribution in [0.15, 0.2) is 132 Å². The van der Waals surface area contributed by atoms with Crippen LogP contribution >= 0.6 is 0 Å². The van der Waals surface area contributed by atoms with Gasteiger partial charge in [0.05, 0.1) is 22.8 Å². The maximum atomic E-state index is 4.74. The lowest BCUT2D eigenvalue weighted by atomic mass is 10.0. The molecule has 0 aromatic heterocycles. The summed E-state index contributed by atoms with van der Waals surface area (Å²) >= 11 is 0.